The molecule has 9 heteroatoms. The second kappa shape index (κ2) is 9.87. The summed E-state index contributed by atoms with van der Waals surface area (Å²) in [6.45, 7) is 4.84. The maximum absolute atomic E-state index is 12.5. The number of methoxy groups -OCH3 is 1. The molecule has 0 fully saturated rings. The fourth-order valence-electron chi connectivity index (χ4n) is 2.66. The maximum atomic E-state index is 12.5. The third-order valence-electron chi connectivity index (χ3n) is 4.04. The van der Waals surface area contributed by atoms with Crippen LogP contribution in [0.3, 0.4) is 0 Å². The van der Waals surface area contributed by atoms with Crippen LogP contribution in [0, 0.1) is 13.8 Å². The molecular weight excluding hydrogens is 390 g/mol. The minimum atomic E-state index is -0.750. The summed E-state index contributed by atoms with van der Waals surface area (Å²) in [5.41, 5.74) is 2.31. The largest absolute Gasteiger partial charge is 0.453 e. The number of thioether (sulfide) groups is 1. The molecule has 0 unspecified atom stereocenters. The van der Waals surface area contributed by atoms with Gasteiger partial charge in [0.05, 0.1) is 11.2 Å². The van der Waals surface area contributed by atoms with Gasteiger partial charge in [-0.25, -0.2) is 14.8 Å². The molecule has 0 aliphatic carbocycles. The summed E-state index contributed by atoms with van der Waals surface area (Å²) in [5, 5.41) is 0.485. The molecule has 0 saturated carbocycles. The Morgan fingerprint density at radius 2 is 2.07 bits per heavy atom. The first-order chi connectivity index (χ1) is 12.9. The number of halogens is 1. The van der Waals surface area contributed by atoms with Gasteiger partial charge in [0.15, 0.2) is 17.5 Å². The Labute approximate surface area is 167 Å². The zero-order chi connectivity index (χ0) is 20.0. The molecule has 0 aliphatic heterocycles. The second-order valence-corrected chi connectivity index (χ2v) is 7.02. The Bertz CT molecular complexity index is 838. The number of ketones is 1. The zero-order valence-corrected chi connectivity index (χ0v) is 17.3. The van der Waals surface area contributed by atoms with Crippen molar-refractivity contribution in [1.29, 1.82) is 0 Å². The number of carbonyl (C=O) groups is 2. The van der Waals surface area contributed by atoms with E-state index < -0.39 is 5.97 Å². The molecule has 0 amide bonds. The number of hydrogen-bond donors (Lipinski definition) is 0. The quantitative estimate of drug-likeness (QED) is 0.206. The molecule has 0 N–H and O–H groups in total. The Morgan fingerprint density at radius 1 is 1.33 bits per heavy atom. The van der Waals surface area contributed by atoms with E-state index >= 15 is 0 Å². The van der Waals surface area contributed by atoms with Gasteiger partial charge in [-0.1, -0.05) is 23.4 Å². The predicted molar refractivity (Wildman–Crippen MR) is 104 cm³/mol. The molecular formula is C18H22ClN3O4S. The van der Waals surface area contributed by atoms with Gasteiger partial charge in [0.25, 0.3) is 0 Å². The van der Waals surface area contributed by atoms with E-state index in [1.165, 1.54) is 18.0 Å². The van der Waals surface area contributed by atoms with E-state index in [-0.39, 0.29) is 23.1 Å². The van der Waals surface area contributed by atoms with Crippen molar-refractivity contribution in [3.05, 3.63) is 39.9 Å². The number of nitrogens with zero attached hydrogens (tertiary/aromatic N) is 3. The van der Waals surface area contributed by atoms with Gasteiger partial charge in [-0.15, -0.1) is 0 Å². The van der Waals surface area contributed by atoms with Gasteiger partial charge >= 0.3 is 5.97 Å². The van der Waals surface area contributed by atoms with E-state index in [4.69, 9.17) is 21.1 Å². The van der Waals surface area contributed by atoms with E-state index in [9.17, 15) is 9.59 Å². The van der Waals surface area contributed by atoms with Gasteiger partial charge in [0.1, 0.15) is 0 Å². The summed E-state index contributed by atoms with van der Waals surface area (Å²) in [4.78, 5) is 32.8. The average Bonchev–Trinajstić information content (AvgIpc) is 2.94. The van der Waals surface area contributed by atoms with Gasteiger partial charge in [-0.05, 0) is 32.6 Å². The van der Waals surface area contributed by atoms with Gasteiger partial charge in [-0.2, -0.15) is 0 Å². The first-order valence-electron chi connectivity index (χ1n) is 8.31. The summed E-state index contributed by atoms with van der Waals surface area (Å²) in [6.07, 6.45) is 3.97. The van der Waals surface area contributed by atoms with Crippen molar-refractivity contribution in [1.82, 2.24) is 14.5 Å². The standard InChI is InChI=1S/C18H22ClN3O4S/c1-11-8-13(12(2)22(11)6-5-7-25-3)15(23)10-26-17(24)16-14(19)9-20-18(21-16)27-4/h8-9H,5-7,10H2,1-4H3. The SMILES string of the molecule is COCCCn1c(C)cc(C(=O)COC(=O)c2nc(SC)ncc2Cl)c1C. The minimum Gasteiger partial charge on any atom is -0.453 e. The van der Waals surface area contributed by atoms with Crippen LogP contribution in [0.4, 0.5) is 0 Å². The van der Waals surface area contributed by atoms with Crippen LogP contribution in [0.1, 0.15) is 38.7 Å². The van der Waals surface area contributed by atoms with E-state index in [1.54, 1.807) is 13.4 Å². The summed E-state index contributed by atoms with van der Waals surface area (Å²) < 4.78 is 12.3. The first-order valence-corrected chi connectivity index (χ1v) is 9.91. The minimum absolute atomic E-state index is 0.0474. The topological polar surface area (TPSA) is 83.3 Å². The Hall–Kier alpha value is -1.90. The van der Waals surface area contributed by atoms with E-state index in [0.29, 0.717) is 17.3 Å². The van der Waals surface area contributed by atoms with Crippen LogP contribution in [0.15, 0.2) is 17.4 Å². The van der Waals surface area contributed by atoms with E-state index in [1.807, 2.05) is 19.9 Å². The third-order valence-corrected chi connectivity index (χ3v) is 4.87. The Morgan fingerprint density at radius 3 is 2.74 bits per heavy atom. The fourth-order valence-corrected chi connectivity index (χ4v) is 3.17. The van der Waals surface area contributed by atoms with Crippen LogP contribution in [0.2, 0.25) is 5.02 Å². The summed E-state index contributed by atoms with van der Waals surface area (Å²) in [5.74, 6) is -1.02. The Balaban J connectivity index is 2.05. The van der Waals surface area contributed by atoms with Crippen LogP contribution in [-0.4, -0.2) is 52.9 Å². The number of rotatable bonds is 9. The second-order valence-electron chi connectivity index (χ2n) is 5.84. The highest BCUT2D eigenvalue weighted by molar-refractivity contribution is 7.98. The number of carbonyl (C=O) groups excluding carboxylic acids is 2. The van der Waals surface area contributed by atoms with Crippen molar-refractivity contribution in [3.63, 3.8) is 0 Å². The van der Waals surface area contributed by atoms with Crippen molar-refractivity contribution in [2.45, 2.75) is 32.0 Å². The molecule has 0 atom stereocenters. The molecule has 2 heterocycles. The molecule has 0 bridgehead atoms. The van der Waals surface area contributed by atoms with Crippen LogP contribution < -0.4 is 0 Å². The van der Waals surface area contributed by atoms with Crippen molar-refractivity contribution in [3.8, 4) is 0 Å². The first kappa shape index (κ1) is 21.4. The molecule has 0 aromatic carbocycles. The number of Topliss-reactive ketones (excluding diaryl/α,β-unsaturated/α-hetero) is 1. The average molecular weight is 412 g/mol. The fraction of sp³-hybridized carbons (Fsp3) is 0.444. The van der Waals surface area contributed by atoms with Crippen LogP contribution in [0.25, 0.3) is 0 Å². The zero-order valence-electron chi connectivity index (χ0n) is 15.7. The highest BCUT2D eigenvalue weighted by Crippen LogP contribution is 2.19. The molecule has 7 nitrogen and oxygen atoms in total. The van der Waals surface area contributed by atoms with Gasteiger partial charge in [-0.3, -0.25) is 4.79 Å². The molecule has 2 rings (SSSR count). The predicted octanol–water partition coefficient (Wildman–Crippen LogP) is 3.35. The van der Waals surface area contributed by atoms with Crippen LogP contribution in [-0.2, 0) is 16.0 Å². The monoisotopic (exact) mass is 411 g/mol. The lowest BCUT2D eigenvalue weighted by atomic mass is 10.1. The van der Waals surface area contributed by atoms with Crippen molar-refractivity contribution in [2.75, 3.05) is 26.6 Å². The van der Waals surface area contributed by atoms with Crippen LogP contribution >= 0.6 is 23.4 Å². The molecule has 27 heavy (non-hydrogen) atoms. The normalized spacial score (nSPS) is 10.9. The maximum Gasteiger partial charge on any atom is 0.359 e. The van der Waals surface area contributed by atoms with Crippen molar-refractivity contribution < 1.29 is 19.1 Å². The molecule has 0 aliphatic rings. The molecule has 2 aromatic heterocycles. The molecule has 2 aromatic rings. The van der Waals surface area contributed by atoms with Gasteiger partial charge < -0.3 is 14.0 Å². The van der Waals surface area contributed by atoms with Crippen LogP contribution in [0.5, 0.6) is 0 Å². The summed E-state index contributed by atoms with van der Waals surface area (Å²) in [7, 11) is 1.66. The van der Waals surface area contributed by atoms with Crippen molar-refractivity contribution >= 4 is 35.1 Å². The molecule has 0 spiro atoms. The lowest BCUT2D eigenvalue weighted by Gasteiger charge is -2.09. The van der Waals surface area contributed by atoms with Gasteiger partial charge in [0, 0.05) is 37.2 Å². The molecule has 0 saturated heterocycles. The molecule has 0 radical (unpaired) electrons. The molecule has 146 valence electrons. The van der Waals surface area contributed by atoms with E-state index in [2.05, 4.69) is 14.5 Å². The number of aromatic nitrogens is 3. The summed E-state index contributed by atoms with van der Waals surface area (Å²) >= 11 is 7.23. The van der Waals surface area contributed by atoms with E-state index in [0.717, 1.165) is 24.4 Å². The third kappa shape index (κ3) is 5.31. The number of ether oxygens (including phenoxy) is 2. The number of hydrogen-bond acceptors (Lipinski definition) is 7. The highest BCUT2D eigenvalue weighted by atomic mass is 35.5. The number of aryl methyl sites for hydroxylation is 1. The van der Waals surface area contributed by atoms with Gasteiger partial charge in [0.2, 0.25) is 5.78 Å². The lowest BCUT2D eigenvalue weighted by molar-refractivity contribution is 0.0468. The van der Waals surface area contributed by atoms with Crippen molar-refractivity contribution in [2.24, 2.45) is 0 Å². The Kier molecular flexibility index (Phi) is 7.82. The number of esters is 1. The highest BCUT2D eigenvalue weighted by Gasteiger charge is 2.20. The smallest absolute Gasteiger partial charge is 0.359 e. The lowest BCUT2D eigenvalue weighted by Crippen LogP contribution is -2.17. The summed E-state index contributed by atoms with van der Waals surface area (Å²) in [6, 6.07) is 1.81.